The van der Waals surface area contributed by atoms with Crippen molar-refractivity contribution in [2.45, 2.75) is 6.61 Å². The number of benzene rings is 2. The molecule has 0 unspecified atom stereocenters. The lowest BCUT2D eigenvalue weighted by Gasteiger charge is -2.10. The third-order valence-electron chi connectivity index (χ3n) is 5.73. The van der Waals surface area contributed by atoms with Gasteiger partial charge in [0, 0.05) is 42.7 Å². The Morgan fingerprint density at radius 3 is 2.71 bits per heavy atom. The van der Waals surface area contributed by atoms with E-state index in [4.69, 9.17) is 13.9 Å². The summed E-state index contributed by atoms with van der Waals surface area (Å²) in [5, 5.41) is 8.09. The molecular weight excluding hydrogens is 529 g/mol. The predicted octanol–water partition coefficient (Wildman–Crippen LogP) is 5.76. The average molecular weight is 550 g/mol. The lowest BCUT2D eigenvalue weighted by Crippen LogP contribution is -2.21. The SMILES string of the molecule is COc1nn2cc(-c3cc4c(OCc5csc(-c6ccc(C(=O)N(C)C)cc6)n5)cc(F)cc4o3)nc2s1. The number of ether oxygens (including phenoxy) is 2. The van der Waals surface area contributed by atoms with Gasteiger partial charge in [-0.15, -0.1) is 16.4 Å². The molecular formula is C26H20FN5O4S2. The maximum atomic E-state index is 14.4. The number of fused-ring (bicyclic) bond motifs is 2. The Hall–Kier alpha value is -4.29. The van der Waals surface area contributed by atoms with E-state index in [1.54, 1.807) is 50.1 Å². The largest absolute Gasteiger partial charge is 0.486 e. The van der Waals surface area contributed by atoms with Crippen LogP contribution in [0.4, 0.5) is 4.39 Å². The van der Waals surface area contributed by atoms with Crippen molar-refractivity contribution < 1.29 is 23.1 Å². The summed E-state index contributed by atoms with van der Waals surface area (Å²) in [7, 11) is 4.98. The second-order valence-electron chi connectivity index (χ2n) is 8.56. The van der Waals surface area contributed by atoms with E-state index < -0.39 is 5.82 Å². The van der Waals surface area contributed by atoms with Crippen molar-refractivity contribution in [3.63, 3.8) is 0 Å². The van der Waals surface area contributed by atoms with Crippen LogP contribution in [0.25, 0.3) is 38.0 Å². The van der Waals surface area contributed by atoms with Crippen molar-refractivity contribution in [1.82, 2.24) is 24.5 Å². The molecule has 0 aliphatic heterocycles. The van der Waals surface area contributed by atoms with E-state index in [0.29, 0.717) is 49.6 Å². The zero-order valence-electron chi connectivity index (χ0n) is 20.5. The van der Waals surface area contributed by atoms with Gasteiger partial charge in [0.2, 0.25) is 4.96 Å². The molecule has 6 rings (SSSR count). The molecule has 38 heavy (non-hydrogen) atoms. The molecule has 0 aliphatic carbocycles. The first kappa shape index (κ1) is 24.1. The first-order chi connectivity index (χ1) is 18.4. The fourth-order valence-corrected chi connectivity index (χ4v) is 5.38. The van der Waals surface area contributed by atoms with Gasteiger partial charge in [-0.3, -0.25) is 4.79 Å². The van der Waals surface area contributed by atoms with Crippen LogP contribution in [0, 0.1) is 5.82 Å². The normalized spacial score (nSPS) is 11.4. The number of amides is 1. The number of thiazole rings is 1. The van der Waals surface area contributed by atoms with Crippen LogP contribution in [0.2, 0.25) is 0 Å². The number of methoxy groups -OCH3 is 1. The summed E-state index contributed by atoms with van der Waals surface area (Å²) in [4.78, 5) is 23.5. The van der Waals surface area contributed by atoms with E-state index in [0.717, 1.165) is 10.6 Å². The third-order valence-corrected chi connectivity index (χ3v) is 7.55. The molecule has 4 aromatic heterocycles. The van der Waals surface area contributed by atoms with E-state index >= 15 is 0 Å². The Labute approximate surface area is 223 Å². The molecule has 1 amide bonds. The first-order valence-corrected chi connectivity index (χ1v) is 13.1. The summed E-state index contributed by atoms with van der Waals surface area (Å²) in [6.45, 7) is 0.149. The van der Waals surface area contributed by atoms with Crippen LogP contribution in [0.1, 0.15) is 16.1 Å². The van der Waals surface area contributed by atoms with Crippen LogP contribution in [-0.2, 0) is 6.61 Å². The van der Waals surface area contributed by atoms with Crippen molar-refractivity contribution >= 4 is 44.5 Å². The Kier molecular flexibility index (Phi) is 6.04. The van der Waals surface area contributed by atoms with Crippen LogP contribution in [0.5, 0.6) is 10.9 Å². The smallest absolute Gasteiger partial charge is 0.294 e. The number of hydrogen-bond donors (Lipinski definition) is 0. The molecule has 0 aliphatic rings. The number of halogens is 1. The summed E-state index contributed by atoms with van der Waals surface area (Å²) in [6.07, 6.45) is 1.72. The number of carbonyl (C=O) groups is 1. The number of furan rings is 1. The molecule has 9 nitrogen and oxygen atoms in total. The number of rotatable bonds is 7. The van der Waals surface area contributed by atoms with Crippen LogP contribution in [0.3, 0.4) is 0 Å². The molecule has 0 spiro atoms. The van der Waals surface area contributed by atoms with Crippen molar-refractivity contribution in [3.05, 3.63) is 71.1 Å². The van der Waals surface area contributed by atoms with E-state index in [9.17, 15) is 9.18 Å². The molecule has 192 valence electrons. The second kappa shape index (κ2) is 9.54. The molecule has 0 bridgehead atoms. The lowest BCUT2D eigenvalue weighted by molar-refractivity contribution is 0.0827. The molecule has 0 saturated carbocycles. The van der Waals surface area contributed by atoms with Gasteiger partial charge in [-0.2, -0.15) is 0 Å². The number of nitrogens with zero attached hydrogens (tertiary/aromatic N) is 5. The van der Waals surface area contributed by atoms with Crippen LogP contribution in [-0.4, -0.2) is 51.6 Å². The zero-order valence-corrected chi connectivity index (χ0v) is 22.1. The average Bonchev–Trinajstić information content (AvgIpc) is 3.69. The molecule has 0 N–H and O–H groups in total. The molecule has 0 atom stereocenters. The highest BCUT2D eigenvalue weighted by atomic mass is 32.1. The van der Waals surface area contributed by atoms with Gasteiger partial charge in [0.05, 0.1) is 24.4 Å². The highest BCUT2D eigenvalue weighted by Crippen LogP contribution is 2.35. The van der Waals surface area contributed by atoms with Gasteiger partial charge in [-0.25, -0.2) is 18.9 Å². The van der Waals surface area contributed by atoms with Gasteiger partial charge in [0.25, 0.3) is 11.1 Å². The standard InChI is InChI=1S/C26H20FN5O4S2/c1-31(2)24(33)15-6-4-14(5-7-15)23-28-17(13-37-23)12-35-20-8-16(27)9-21-18(20)10-22(36-21)19-11-32-25(29-19)38-26(30-32)34-3/h4-11,13H,12H2,1-3H3. The summed E-state index contributed by atoms with van der Waals surface area (Å²) in [5.74, 6) is 0.284. The molecule has 2 aromatic carbocycles. The van der Waals surface area contributed by atoms with E-state index in [2.05, 4.69) is 15.1 Å². The van der Waals surface area contributed by atoms with Crippen molar-refractivity contribution in [3.8, 4) is 33.0 Å². The number of hydrogen-bond acceptors (Lipinski definition) is 9. The van der Waals surface area contributed by atoms with Gasteiger partial charge in [0.15, 0.2) is 5.76 Å². The monoisotopic (exact) mass is 549 g/mol. The number of carbonyl (C=O) groups excluding carboxylic acids is 1. The zero-order chi connectivity index (χ0) is 26.4. The number of aromatic nitrogens is 4. The molecule has 12 heteroatoms. The van der Waals surface area contributed by atoms with E-state index in [-0.39, 0.29) is 12.5 Å². The first-order valence-electron chi connectivity index (χ1n) is 11.4. The van der Waals surface area contributed by atoms with Crippen LogP contribution < -0.4 is 9.47 Å². The van der Waals surface area contributed by atoms with Gasteiger partial charge in [0.1, 0.15) is 34.5 Å². The highest BCUT2D eigenvalue weighted by Gasteiger charge is 2.17. The maximum absolute atomic E-state index is 14.4. The minimum atomic E-state index is -0.475. The van der Waals surface area contributed by atoms with Gasteiger partial charge in [-0.05, 0) is 29.5 Å². The summed E-state index contributed by atoms with van der Waals surface area (Å²) in [5.41, 5.74) is 3.13. The fraction of sp³-hybridized carbons (Fsp3) is 0.154. The quantitative estimate of drug-likeness (QED) is 0.250. The third kappa shape index (κ3) is 4.48. The Morgan fingerprint density at radius 2 is 1.97 bits per heavy atom. The van der Waals surface area contributed by atoms with Crippen LogP contribution >= 0.6 is 22.7 Å². The molecule has 0 saturated heterocycles. The summed E-state index contributed by atoms with van der Waals surface area (Å²) in [6, 6.07) is 11.7. The molecule has 6 aromatic rings. The molecule has 0 fully saturated rings. The van der Waals surface area contributed by atoms with Crippen LogP contribution in [0.15, 0.2) is 58.5 Å². The van der Waals surface area contributed by atoms with Gasteiger partial charge < -0.3 is 18.8 Å². The van der Waals surface area contributed by atoms with E-state index in [1.165, 1.54) is 39.7 Å². The highest BCUT2D eigenvalue weighted by molar-refractivity contribution is 7.18. The minimum absolute atomic E-state index is 0.0572. The van der Waals surface area contributed by atoms with Crippen molar-refractivity contribution in [1.29, 1.82) is 0 Å². The topological polar surface area (TPSA) is 95.0 Å². The fourth-order valence-electron chi connectivity index (χ4n) is 3.87. The lowest BCUT2D eigenvalue weighted by atomic mass is 10.1. The summed E-state index contributed by atoms with van der Waals surface area (Å²) >= 11 is 2.77. The Morgan fingerprint density at radius 1 is 1.16 bits per heavy atom. The minimum Gasteiger partial charge on any atom is -0.486 e. The maximum Gasteiger partial charge on any atom is 0.294 e. The van der Waals surface area contributed by atoms with E-state index in [1.807, 2.05) is 17.5 Å². The molecule has 4 heterocycles. The van der Waals surface area contributed by atoms with Gasteiger partial charge >= 0.3 is 0 Å². The number of imidazole rings is 1. The van der Waals surface area contributed by atoms with Gasteiger partial charge in [-0.1, -0.05) is 12.1 Å². The van der Waals surface area contributed by atoms with Crippen molar-refractivity contribution in [2.24, 2.45) is 0 Å². The second-order valence-corrected chi connectivity index (χ2v) is 10.3. The molecule has 0 radical (unpaired) electrons. The summed E-state index contributed by atoms with van der Waals surface area (Å²) < 4.78 is 33.0. The Balaban J connectivity index is 1.21. The van der Waals surface area contributed by atoms with Crippen molar-refractivity contribution in [2.75, 3.05) is 21.2 Å². The predicted molar refractivity (Wildman–Crippen MR) is 142 cm³/mol. The Bertz CT molecular complexity index is 1750.